The van der Waals surface area contributed by atoms with E-state index in [1.54, 1.807) is 0 Å². The molecule has 5 atom stereocenters. The van der Waals surface area contributed by atoms with Crippen LogP contribution in [-0.4, -0.2) is 96.7 Å². The lowest BCUT2D eigenvalue weighted by Gasteiger charge is -2.21. The highest BCUT2D eigenvalue weighted by molar-refractivity contribution is 7.47. The van der Waals surface area contributed by atoms with Crippen LogP contribution in [0.15, 0.2) is 0 Å². The topological polar surface area (TPSA) is 237 Å². The monoisotopic (exact) mass is 1420 g/mol. The number of phosphoric ester groups is 2. The largest absolute Gasteiger partial charge is 0.472 e. The van der Waals surface area contributed by atoms with Crippen LogP contribution in [0.5, 0.6) is 0 Å². The third-order valence-electron chi connectivity index (χ3n) is 18.2. The lowest BCUT2D eigenvalue weighted by molar-refractivity contribution is -0.161. The van der Waals surface area contributed by atoms with Crippen LogP contribution in [0.25, 0.3) is 0 Å². The fourth-order valence-corrected chi connectivity index (χ4v) is 13.6. The SMILES string of the molecule is CCCCCCCCCCCCCCCCCCCCCCCC(=O)O[C@H](COC(=O)CCCCCCCCCCCCCCC(C)C)COP(=O)(O)OC[C@@H](O)COP(=O)(O)OC[C@@H](COC(=O)CCCCCCCCCCC)OC(=O)CCCCCCCCCCCC(C)C. The van der Waals surface area contributed by atoms with Crippen molar-refractivity contribution in [3.05, 3.63) is 0 Å². The van der Waals surface area contributed by atoms with Gasteiger partial charge in [-0.1, -0.05) is 356 Å². The zero-order valence-electron chi connectivity index (χ0n) is 63.4. The number of unbranched alkanes of at least 4 members (excludes halogenated alkanes) is 47. The number of hydrogen-bond acceptors (Lipinski definition) is 15. The van der Waals surface area contributed by atoms with Crippen molar-refractivity contribution in [2.75, 3.05) is 39.6 Å². The summed E-state index contributed by atoms with van der Waals surface area (Å²) in [5.74, 6) is -0.597. The summed E-state index contributed by atoms with van der Waals surface area (Å²) in [5, 5.41) is 10.6. The number of hydrogen-bond donors (Lipinski definition) is 3. The molecule has 0 heterocycles. The molecule has 0 aliphatic carbocycles. The summed E-state index contributed by atoms with van der Waals surface area (Å²) >= 11 is 0. The van der Waals surface area contributed by atoms with Crippen LogP contribution in [-0.2, 0) is 65.4 Å². The van der Waals surface area contributed by atoms with Gasteiger partial charge in [0.2, 0.25) is 0 Å². The van der Waals surface area contributed by atoms with E-state index in [2.05, 4.69) is 41.5 Å². The number of phosphoric acid groups is 2. The summed E-state index contributed by atoms with van der Waals surface area (Å²) in [5.41, 5.74) is 0. The van der Waals surface area contributed by atoms with Gasteiger partial charge in [0.25, 0.3) is 0 Å². The molecular formula is C78H152O17P2. The molecule has 0 fully saturated rings. The molecule has 0 radical (unpaired) electrons. The van der Waals surface area contributed by atoms with Crippen molar-refractivity contribution in [2.24, 2.45) is 11.8 Å². The molecule has 2 unspecified atom stereocenters. The molecule has 17 nitrogen and oxygen atoms in total. The number of ether oxygens (including phenoxy) is 4. The van der Waals surface area contributed by atoms with E-state index in [9.17, 15) is 43.2 Å². The fourth-order valence-electron chi connectivity index (χ4n) is 12.0. The van der Waals surface area contributed by atoms with E-state index < -0.39 is 97.5 Å². The van der Waals surface area contributed by atoms with Gasteiger partial charge in [-0.2, -0.15) is 0 Å². The first-order chi connectivity index (χ1) is 46.9. The van der Waals surface area contributed by atoms with Crippen LogP contribution in [0, 0.1) is 11.8 Å². The molecule has 97 heavy (non-hydrogen) atoms. The second-order valence-corrected chi connectivity index (χ2v) is 32.0. The van der Waals surface area contributed by atoms with E-state index in [4.69, 9.17) is 37.0 Å². The van der Waals surface area contributed by atoms with Crippen LogP contribution in [0.2, 0.25) is 0 Å². The standard InChI is InChI=1S/C78H152O17P2/c1-7-9-11-13-15-17-18-19-20-21-22-23-24-25-26-27-32-38-44-50-56-62-77(82)94-74(67-89-76(81)61-55-49-43-37-31-29-28-30-35-40-46-52-58-70(3)4)69-93-97(86,87)91-65-72(79)64-90-96(84,85)92-68-73(66-88-75(80)60-54-48-42-34-16-14-12-10-8-2)95-78(83)63-57-51-45-39-33-36-41-47-53-59-71(5)6/h70-74,79H,7-69H2,1-6H3,(H,84,85)(H,86,87)/t72-,73+,74+/m0/s1. The first-order valence-corrected chi connectivity index (χ1v) is 43.5. The van der Waals surface area contributed by atoms with E-state index in [-0.39, 0.29) is 25.7 Å². The lowest BCUT2D eigenvalue weighted by atomic mass is 10.0. The predicted molar refractivity (Wildman–Crippen MR) is 395 cm³/mol. The van der Waals surface area contributed by atoms with E-state index in [0.29, 0.717) is 25.7 Å². The summed E-state index contributed by atoms with van der Waals surface area (Å²) in [6.45, 7) is 9.58. The van der Waals surface area contributed by atoms with Crippen molar-refractivity contribution >= 4 is 39.5 Å². The Morgan fingerprint density at radius 2 is 0.474 bits per heavy atom. The van der Waals surface area contributed by atoms with Crippen molar-refractivity contribution in [1.29, 1.82) is 0 Å². The van der Waals surface area contributed by atoms with E-state index in [0.717, 1.165) is 102 Å². The zero-order chi connectivity index (χ0) is 71.4. The van der Waals surface area contributed by atoms with Gasteiger partial charge in [-0.15, -0.1) is 0 Å². The molecule has 0 saturated heterocycles. The summed E-state index contributed by atoms with van der Waals surface area (Å²) in [7, 11) is -9.91. The molecule has 0 amide bonds. The fraction of sp³-hybridized carbons (Fsp3) is 0.949. The third-order valence-corrected chi connectivity index (χ3v) is 20.1. The van der Waals surface area contributed by atoms with Crippen molar-refractivity contribution in [3.8, 4) is 0 Å². The second kappa shape index (κ2) is 69.8. The summed E-state index contributed by atoms with van der Waals surface area (Å²) in [6.07, 6.45) is 58.4. The number of rotatable bonds is 77. The van der Waals surface area contributed by atoms with Crippen LogP contribution >= 0.6 is 15.6 Å². The van der Waals surface area contributed by atoms with E-state index in [1.165, 1.54) is 225 Å². The average Bonchev–Trinajstić information content (AvgIpc) is 1.42. The number of carbonyl (C=O) groups excluding carboxylic acids is 4. The summed E-state index contributed by atoms with van der Waals surface area (Å²) < 4.78 is 68.5. The Morgan fingerprint density at radius 1 is 0.278 bits per heavy atom. The first kappa shape index (κ1) is 95.1. The molecule has 0 saturated carbocycles. The van der Waals surface area contributed by atoms with Crippen LogP contribution in [0.4, 0.5) is 0 Å². The van der Waals surface area contributed by atoms with Gasteiger partial charge in [0.15, 0.2) is 12.2 Å². The minimum Gasteiger partial charge on any atom is -0.462 e. The number of esters is 4. The van der Waals surface area contributed by atoms with Gasteiger partial charge in [0, 0.05) is 25.7 Å². The van der Waals surface area contributed by atoms with E-state index >= 15 is 0 Å². The highest BCUT2D eigenvalue weighted by Crippen LogP contribution is 2.45. The molecule has 0 aromatic heterocycles. The van der Waals surface area contributed by atoms with E-state index in [1.807, 2.05) is 0 Å². The third kappa shape index (κ3) is 72.2. The molecule has 0 bridgehead atoms. The van der Waals surface area contributed by atoms with Crippen molar-refractivity contribution in [3.63, 3.8) is 0 Å². The second-order valence-electron chi connectivity index (χ2n) is 29.1. The van der Waals surface area contributed by atoms with Gasteiger partial charge >= 0.3 is 39.5 Å². The maximum absolute atomic E-state index is 13.1. The maximum Gasteiger partial charge on any atom is 0.472 e. The number of carbonyl (C=O) groups is 4. The molecular weight excluding hydrogens is 1270 g/mol. The van der Waals surface area contributed by atoms with Gasteiger partial charge in [-0.05, 0) is 37.5 Å². The van der Waals surface area contributed by atoms with Crippen molar-refractivity contribution in [2.45, 2.75) is 426 Å². The van der Waals surface area contributed by atoms with Gasteiger partial charge < -0.3 is 33.8 Å². The highest BCUT2D eigenvalue weighted by atomic mass is 31.2. The van der Waals surface area contributed by atoms with Gasteiger partial charge in [-0.25, -0.2) is 9.13 Å². The summed E-state index contributed by atoms with van der Waals surface area (Å²) in [6, 6.07) is 0. The molecule has 0 rings (SSSR count). The molecule has 0 aromatic carbocycles. The normalized spacial score (nSPS) is 14.0. The number of aliphatic hydroxyl groups is 1. The minimum atomic E-state index is -4.96. The lowest BCUT2D eigenvalue weighted by Crippen LogP contribution is -2.30. The Kier molecular flexibility index (Phi) is 68.4. The highest BCUT2D eigenvalue weighted by Gasteiger charge is 2.30. The molecule has 3 N–H and O–H groups in total. The Morgan fingerprint density at radius 3 is 0.701 bits per heavy atom. The molecule has 0 aliphatic heterocycles. The van der Waals surface area contributed by atoms with Gasteiger partial charge in [0.05, 0.1) is 26.4 Å². The molecule has 0 aromatic rings. The maximum atomic E-state index is 13.1. The smallest absolute Gasteiger partial charge is 0.462 e. The van der Waals surface area contributed by atoms with Gasteiger partial charge in [0.1, 0.15) is 19.3 Å². The summed E-state index contributed by atoms with van der Waals surface area (Å²) in [4.78, 5) is 72.8. The Bertz CT molecular complexity index is 1870. The van der Waals surface area contributed by atoms with Crippen molar-refractivity contribution in [1.82, 2.24) is 0 Å². The molecule has 576 valence electrons. The van der Waals surface area contributed by atoms with Crippen LogP contribution < -0.4 is 0 Å². The van der Waals surface area contributed by atoms with Gasteiger partial charge in [-0.3, -0.25) is 37.3 Å². The van der Waals surface area contributed by atoms with Crippen molar-refractivity contribution < 1.29 is 80.2 Å². The number of aliphatic hydroxyl groups excluding tert-OH is 1. The zero-order valence-corrected chi connectivity index (χ0v) is 65.2. The van der Waals surface area contributed by atoms with Crippen LogP contribution in [0.1, 0.15) is 408 Å². The quantitative estimate of drug-likeness (QED) is 0.0222. The minimum absolute atomic E-state index is 0.105. The predicted octanol–water partition coefficient (Wildman–Crippen LogP) is 23.1. The first-order valence-electron chi connectivity index (χ1n) is 40.5. The van der Waals surface area contributed by atoms with Crippen LogP contribution in [0.3, 0.4) is 0 Å². The Hall–Kier alpha value is -1.94. The average molecular weight is 1420 g/mol. The molecule has 19 heteroatoms. The Balaban J connectivity index is 5.20. The molecule has 0 spiro atoms. The molecule has 0 aliphatic rings. The Labute approximate surface area is 594 Å².